The van der Waals surface area contributed by atoms with E-state index in [1.54, 1.807) is 4.90 Å². The van der Waals surface area contributed by atoms with E-state index >= 15 is 0 Å². The zero-order valence-electron chi connectivity index (χ0n) is 14.0. The lowest BCUT2D eigenvalue weighted by Crippen LogP contribution is -2.55. The van der Waals surface area contributed by atoms with Gasteiger partial charge >= 0.3 is 0 Å². The summed E-state index contributed by atoms with van der Waals surface area (Å²) in [5.74, 6) is -1.05. The van der Waals surface area contributed by atoms with Crippen molar-refractivity contribution < 1.29 is 22.7 Å². The summed E-state index contributed by atoms with van der Waals surface area (Å²) >= 11 is 6.11. The number of hydrogen-bond acceptors (Lipinski definition) is 5. The maximum Gasteiger partial charge on any atom is 0.254 e. The summed E-state index contributed by atoms with van der Waals surface area (Å²) in [4.78, 5) is 26.6. The van der Waals surface area contributed by atoms with E-state index in [0.29, 0.717) is 24.1 Å². The lowest BCUT2D eigenvalue weighted by molar-refractivity contribution is -0.116. The highest BCUT2D eigenvalue weighted by molar-refractivity contribution is 7.94. The fourth-order valence-corrected chi connectivity index (χ4v) is 4.76. The number of morpholine rings is 1. The fourth-order valence-electron chi connectivity index (χ4n) is 3.04. The second kappa shape index (κ2) is 6.26. The van der Waals surface area contributed by atoms with Crippen molar-refractivity contribution in [1.29, 1.82) is 0 Å². The van der Waals surface area contributed by atoms with Crippen LogP contribution in [-0.4, -0.2) is 56.2 Å². The molecule has 136 valence electrons. The Kier molecular flexibility index (Phi) is 4.55. The maximum atomic E-state index is 12.9. The van der Waals surface area contributed by atoms with E-state index in [4.69, 9.17) is 16.3 Å². The molecule has 3 rings (SSSR count). The van der Waals surface area contributed by atoms with Gasteiger partial charge in [0.15, 0.2) is 0 Å². The van der Waals surface area contributed by atoms with Crippen molar-refractivity contribution in [3.8, 4) is 0 Å². The first-order valence-electron chi connectivity index (χ1n) is 7.88. The highest BCUT2D eigenvalue weighted by Gasteiger charge is 2.39. The van der Waals surface area contributed by atoms with Gasteiger partial charge in [0.1, 0.15) is 0 Å². The van der Waals surface area contributed by atoms with Crippen LogP contribution in [0.1, 0.15) is 30.6 Å². The average molecular weight is 387 g/mol. The van der Waals surface area contributed by atoms with Gasteiger partial charge in [-0.1, -0.05) is 11.6 Å². The van der Waals surface area contributed by atoms with Crippen LogP contribution in [0.25, 0.3) is 0 Å². The van der Waals surface area contributed by atoms with Crippen LogP contribution in [0.3, 0.4) is 0 Å². The molecular formula is C16H19ClN2O5S. The molecule has 1 aromatic rings. The Hall–Kier alpha value is -1.64. The van der Waals surface area contributed by atoms with Crippen LogP contribution >= 0.6 is 11.6 Å². The zero-order chi connectivity index (χ0) is 18.4. The Morgan fingerprint density at radius 3 is 2.64 bits per heavy atom. The number of ether oxygens (including phenoxy) is 1. The van der Waals surface area contributed by atoms with E-state index in [-0.39, 0.29) is 34.4 Å². The SMILES string of the molecule is CC1(C)COCCN1C(=O)c1ccc(Cl)c(N2C(=O)CCS2(=O)=O)c1. The molecule has 0 aliphatic carbocycles. The summed E-state index contributed by atoms with van der Waals surface area (Å²) in [5.41, 5.74) is -0.171. The number of hydrogen-bond donors (Lipinski definition) is 0. The Bertz CT molecular complexity index is 837. The largest absolute Gasteiger partial charge is 0.377 e. The lowest BCUT2D eigenvalue weighted by atomic mass is 10.0. The van der Waals surface area contributed by atoms with E-state index in [1.807, 2.05) is 13.8 Å². The quantitative estimate of drug-likeness (QED) is 0.771. The van der Waals surface area contributed by atoms with Crippen LogP contribution in [0.5, 0.6) is 0 Å². The molecule has 2 amide bonds. The number of carbonyl (C=O) groups is 2. The second-order valence-electron chi connectivity index (χ2n) is 6.71. The Morgan fingerprint density at radius 2 is 2.04 bits per heavy atom. The summed E-state index contributed by atoms with van der Waals surface area (Å²) < 4.78 is 30.4. The van der Waals surface area contributed by atoms with Crippen LogP contribution in [0.4, 0.5) is 5.69 Å². The molecule has 0 unspecified atom stereocenters. The third-order valence-corrected chi connectivity index (χ3v) is 6.38. The number of sulfonamides is 1. The van der Waals surface area contributed by atoms with Crippen molar-refractivity contribution in [1.82, 2.24) is 4.90 Å². The van der Waals surface area contributed by atoms with Crippen molar-refractivity contribution in [3.05, 3.63) is 28.8 Å². The highest BCUT2D eigenvalue weighted by Crippen LogP contribution is 2.33. The third kappa shape index (κ3) is 3.26. The molecule has 0 bridgehead atoms. The summed E-state index contributed by atoms with van der Waals surface area (Å²) in [6.45, 7) is 5.09. The van der Waals surface area contributed by atoms with Gasteiger partial charge in [0.05, 0.1) is 35.2 Å². The molecule has 2 fully saturated rings. The molecule has 2 aliphatic rings. The van der Waals surface area contributed by atoms with Gasteiger partial charge in [0.25, 0.3) is 5.91 Å². The predicted molar refractivity (Wildman–Crippen MR) is 93.3 cm³/mol. The minimum atomic E-state index is -3.75. The van der Waals surface area contributed by atoms with Gasteiger partial charge in [-0.2, -0.15) is 0 Å². The van der Waals surface area contributed by atoms with Crippen molar-refractivity contribution in [3.63, 3.8) is 0 Å². The average Bonchev–Trinajstić information content (AvgIpc) is 2.80. The fraction of sp³-hybridized carbons (Fsp3) is 0.500. The Balaban J connectivity index is 2.00. The number of carbonyl (C=O) groups excluding carboxylic acids is 2. The molecule has 25 heavy (non-hydrogen) atoms. The molecule has 2 heterocycles. The topological polar surface area (TPSA) is 84.0 Å². The highest BCUT2D eigenvalue weighted by atomic mass is 35.5. The normalized spacial score (nSPS) is 22.3. The number of nitrogens with zero attached hydrogens (tertiary/aromatic N) is 2. The van der Waals surface area contributed by atoms with E-state index in [0.717, 1.165) is 0 Å². The summed E-state index contributed by atoms with van der Waals surface area (Å²) in [7, 11) is -3.75. The first kappa shape index (κ1) is 18.2. The Labute approximate surface area is 151 Å². The molecule has 2 saturated heterocycles. The zero-order valence-corrected chi connectivity index (χ0v) is 15.6. The van der Waals surface area contributed by atoms with Crippen molar-refractivity contribution >= 4 is 39.1 Å². The smallest absolute Gasteiger partial charge is 0.254 e. The molecule has 0 saturated carbocycles. The van der Waals surface area contributed by atoms with Crippen LogP contribution in [0.2, 0.25) is 5.02 Å². The van der Waals surface area contributed by atoms with Gasteiger partial charge in [-0.15, -0.1) is 0 Å². The number of amides is 2. The third-order valence-electron chi connectivity index (χ3n) is 4.38. The molecular weight excluding hydrogens is 368 g/mol. The van der Waals surface area contributed by atoms with Crippen molar-refractivity contribution in [2.75, 3.05) is 29.8 Å². The molecule has 2 aliphatic heterocycles. The first-order chi connectivity index (χ1) is 11.6. The minimum Gasteiger partial charge on any atom is -0.377 e. The van der Waals surface area contributed by atoms with Gasteiger partial charge < -0.3 is 9.64 Å². The monoisotopic (exact) mass is 386 g/mol. The molecule has 0 spiro atoms. The number of rotatable bonds is 2. The predicted octanol–water partition coefficient (Wildman–Crippen LogP) is 1.66. The van der Waals surface area contributed by atoms with Gasteiger partial charge in [-0.25, -0.2) is 12.7 Å². The van der Waals surface area contributed by atoms with Gasteiger partial charge in [0.2, 0.25) is 15.9 Å². The number of halogens is 1. The van der Waals surface area contributed by atoms with Gasteiger partial charge in [0, 0.05) is 18.5 Å². The molecule has 0 N–H and O–H groups in total. The summed E-state index contributed by atoms with van der Waals surface area (Å²) in [5, 5.41) is 0.108. The lowest BCUT2D eigenvalue weighted by Gasteiger charge is -2.42. The van der Waals surface area contributed by atoms with E-state index in [9.17, 15) is 18.0 Å². The van der Waals surface area contributed by atoms with Crippen LogP contribution < -0.4 is 4.31 Å². The maximum absolute atomic E-state index is 12.9. The standard InChI is InChI=1S/C16H19ClN2O5S/c1-16(2)10-24-7-6-18(16)15(21)11-3-4-12(17)13(9-11)19-14(20)5-8-25(19,22)23/h3-4,9H,5-8,10H2,1-2H3. The van der Waals surface area contributed by atoms with Crippen molar-refractivity contribution in [2.24, 2.45) is 0 Å². The molecule has 0 aromatic heterocycles. The second-order valence-corrected chi connectivity index (χ2v) is 9.06. The Morgan fingerprint density at radius 1 is 1.32 bits per heavy atom. The molecule has 7 nitrogen and oxygen atoms in total. The van der Waals surface area contributed by atoms with Crippen molar-refractivity contribution in [2.45, 2.75) is 25.8 Å². The van der Waals surface area contributed by atoms with E-state index in [1.165, 1.54) is 18.2 Å². The summed E-state index contributed by atoms with van der Waals surface area (Å²) in [6, 6.07) is 4.35. The summed E-state index contributed by atoms with van der Waals surface area (Å²) in [6.07, 6.45) is -0.0899. The van der Waals surface area contributed by atoms with Gasteiger partial charge in [-0.05, 0) is 32.0 Å². The first-order valence-corrected chi connectivity index (χ1v) is 9.87. The van der Waals surface area contributed by atoms with Crippen LogP contribution in [-0.2, 0) is 19.6 Å². The molecule has 1 aromatic carbocycles. The minimum absolute atomic E-state index is 0.0288. The van der Waals surface area contributed by atoms with Crippen LogP contribution in [0, 0.1) is 0 Å². The number of anilines is 1. The molecule has 9 heteroatoms. The van der Waals surface area contributed by atoms with Gasteiger partial charge in [-0.3, -0.25) is 9.59 Å². The van der Waals surface area contributed by atoms with Crippen LogP contribution in [0.15, 0.2) is 18.2 Å². The molecule has 0 radical (unpaired) electrons. The number of benzene rings is 1. The van der Waals surface area contributed by atoms with E-state index in [2.05, 4.69) is 0 Å². The van der Waals surface area contributed by atoms with E-state index < -0.39 is 21.5 Å². The molecule has 0 atom stereocenters.